The lowest BCUT2D eigenvalue weighted by Crippen LogP contribution is -2.37. The van der Waals surface area contributed by atoms with Gasteiger partial charge in [-0.1, -0.05) is 54.1 Å². The zero-order valence-corrected chi connectivity index (χ0v) is 23.7. The molecule has 2 heterocycles. The quantitative estimate of drug-likeness (QED) is 0.251. The molecule has 0 radical (unpaired) electrons. The van der Waals surface area contributed by atoms with E-state index in [-0.39, 0.29) is 11.9 Å². The van der Waals surface area contributed by atoms with Crippen LogP contribution in [0.15, 0.2) is 72.8 Å². The molecule has 0 bridgehead atoms. The molecule has 0 N–H and O–H groups in total. The van der Waals surface area contributed by atoms with Crippen molar-refractivity contribution in [3.05, 3.63) is 101 Å². The van der Waals surface area contributed by atoms with E-state index >= 15 is 0 Å². The van der Waals surface area contributed by atoms with Crippen molar-refractivity contribution >= 4 is 5.78 Å². The molecule has 0 aliphatic carbocycles. The van der Waals surface area contributed by atoms with Crippen LogP contribution in [0.25, 0.3) is 0 Å². The number of halogens is 3. The van der Waals surface area contributed by atoms with Crippen LogP contribution in [0, 0.1) is 12.8 Å². The van der Waals surface area contributed by atoms with Crippen molar-refractivity contribution in [2.45, 2.75) is 64.4 Å². The number of piperidine rings is 2. The number of benzene rings is 3. The third kappa shape index (κ3) is 8.43. The number of hydrogen-bond donors (Lipinski definition) is 0. The number of carbonyl (C=O) groups is 1. The van der Waals surface area contributed by atoms with Crippen LogP contribution < -0.4 is 4.74 Å². The number of aryl methyl sites for hydroxylation is 1. The molecule has 2 fully saturated rings. The van der Waals surface area contributed by atoms with Crippen LogP contribution in [0.3, 0.4) is 0 Å². The average molecular weight is 565 g/mol. The SMILES string of the molecule is Cc1ccc(CN2CCC(CC(=O)c3cccc(OC4CCN(Cc5ccc(C(F)(F)F)cc5)CC4)c3)CC2)cc1. The Balaban J connectivity index is 1.05. The van der Waals surface area contributed by atoms with E-state index in [4.69, 9.17) is 4.74 Å². The van der Waals surface area contributed by atoms with Gasteiger partial charge in [0.15, 0.2) is 5.78 Å². The smallest absolute Gasteiger partial charge is 0.416 e. The van der Waals surface area contributed by atoms with Crippen molar-refractivity contribution in [3.63, 3.8) is 0 Å². The minimum atomic E-state index is -4.31. The van der Waals surface area contributed by atoms with Gasteiger partial charge in [0, 0.05) is 38.2 Å². The first kappa shape index (κ1) is 29.3. The second-order valence-electron chi connectivity index (χ2n) is 11.6. The molecule has 218 valence electrons. The summed E-state index contributed by atoms with van der Waals surface area (Å²) in [6.07, 6.45) is 0.0692. The van der Waals surface area contributed by atoms with Crippen LogP contribution in [0.4, 0.5) is 13.2 Å². The predicted molar refractivity (Wildman–Crippen MR) is 155 cm³/mol. The van der Waals surface area contributed by atoms with Crippen LogP contribution in [-0.2, 0) is 19.3 Å². The minimum absolute atomic E-state index is 0.0575. The minimum Gasteiger partial charge on any atom is -0.490 e. The Morgan fingerprint density at radius 2 is 1.37 bits per heavy atom. The molecule has 0 amide bonds. The van der Waals surface area contributed by atoms with Crippen LogP contribution in [-0.4, -0.2) is 47.9 Å². The molecule has 0 aromatic heterocycles. The van der Waals surface area contributed by atoms with Crippen molar-refractivity contribution in [1.29, 1.82) is 0 Å². The fraction of sp³-hybridized carbons (Fsp3) is 0.441. The Hall–Kier alpha value is -3.16. The van der Waals surface area contributed by atoms with Crippen LogP contribution >= 0.6 is 0 Å². The van der Waals surface area contributed by atoms with E-state index in [0.717, 1.165) is 81.9 Å². The van der Waals surface area contributed by atoms with Gasteiger partial charge in [0.1, 0.15) is 11.9 Å². The highest BCUT2D eigenvalue weighted by Crippen LogP contribution is 2.30. The highest BCUT2D eigenvalue weighted by Gasteiger charge is 2.30. The van der Waals surface area contributed by atoms with E-state index in [1.165, 1.54) is 11.1 Å². The fourth-order valence-electron chi connectivity index (χ4n) is 5.86. The van der Waals surface area contributed by atoms with Gasteiger partial charge >= 0.3 is 6.18 Å². The van der Waals surface area contributed by atoms with Gasteiger partial charge < -0.3 is 4.74 Å². The largest absolute Gasteiger partial charge is 0.490 e. The second kappa shape index (κ2) is 13.2. The molecule has 2 aliphatic heterocycles. The Morgan fingerprint density at radius 1 is 0.805 bits per heavy atom. The summed E-state index contributed by atoms with van der Waals surface area (Å²) in [7, 11) is 0. The first-order valence-corrected chi connectivity index (χ1v) is 14.7. The summed E-state index contributed by atoms with van der Waals surface area (Å²) in [6.45, 7) is 7.36. The lowest BCUT2D eigenvalue weighted by molar-refractivity contribution is -0.137. The van der Waals surface area contributed by atoms with Gasteiger partial charge in [0.2, 0.25) is 0 Å². The maximum absolute atomic E-state index is 13.1. The molecule has 0 saturated carbocycles. The van der Waals surface area contributed by atoms with E-state index in [1.54, 1.807) is 12.1 Å². The molecule has 0 spiro atoms. The lowest BCUT2D eigenvalue weighted by atomic mass is 9.89. The maximum Gasteiger partial charge on any atom is 0.416 e. The molecule has 0 unspecified atom stereocenters. The van der Waals surface area contributed by atoms with Crippen molar-refractivity contribution in [3.8, 4) is 5.75 Å². The number of hydrogen-bond acceptors (Lipinski definition) is 4. The first-order chi connectivity index (χ1) is 19.7. The summed E-state index contributed by atoms with van der Waals surface area (Å²) in [6, 6.07) is 21.7. The molecule has 7 heteroatoms. The second-order valence-corrected chi connectivity index (χ2v) is 11.6. The zero-order chi connectivity index (χ0) is 28.8. The van der Waals surface area contributed by atoms with Gasteiger partial charge in [0.05, 0.1) is 5.56 Å². The third-order valence-corrected chi connectivity index (χ3v) is 8.39. The summed E-state index contributed by atoms with van der Waals surface area (Å²) >= 11 is 0. The van der Waals surface area contributed by atoms with Gasteiger partial charge in [-0.3, -0.25) is 14.6 Å². The number of Topliss-reactive ketones (excluding diaryl/α,β-unsaturated/α-hetero) is 1. The summed E-state index contributed by atoms with van der Waals surface area (Å²) in [4.78, 5) is 17.8. The summed E-state index contributed by atoms with van der Waals surface area (Å²) in [5, 5.41) is 0. The summed E-state index contributed by atoms with van der Waals surface area (Å²) in [5.41, 5.74) is 3.59. The van der Waals surface area contributed by atoms with Crippen molar-refractivity contribution in [2.75, 3.05) is 26.2 Å². The van der Waals surface area contributed by atoms with Crippen molar-refractivity contribution in [2.24, 2.45) is 5.92 Å². The fourth-order valence-corrected chi connectivity index (χ4v) is 5.86. The average Bonchev–Trinajstić information content (AvgIpc) is 2.96. The lowest BCUT2D eigenvalue weighted by Gasteiger charge is -2.32. The molecule has 0 atom stereocenters. The van der Waals surface area contributed by atoms with Gasteiger partial charge in [-0.25, -0.2) is 0 Å². The Labute approximate surface area is 241 Å². The first-order valence-electron chi connectivity index (χ1n) is 14.7. The van der Waals surface area contributed by atoms with Gasteiger partial charge in [-0.2, -0.15) is 13.2 Å². The Morgan fingerprint density at radius 3 is 1.95 bits per heavy atom. The number of carbonyl (C=O) groups excluding carboxylic acids is 1. The number of ether oxygens (including phenoxy) is 1. The van der Waals surface area contributed by atoms with Crippen LogP contribution in [0.5, 0.6) is 5.75 Å². The van der Waals surface area contributed by atoms with E-state index in [2.05, 4.69) is 41.0 Å². The molecular weight excluding hydrogens is 525 g/mol. The van der Waals surface area contributed by atoms with Gasteiger partial charge in [0.25, 0.3) is 0 Å². The van der Waals surface area contributed by atoms with E-state index < -0.39 is 11.7 Å². The van der Waals surface area contributed by atoms with Gasteiger partial charge in [-0.05, 0) is 87.0 Å². The molecule has 5 rings (SSSR count). The molecular formula is C34H39F3N2O2. The number of alkyl halides is 3. The molecule has 41 heavy (non-hydrogen) atoms. The topological polar surface area (TPSA) is 32.8 Å². The molecule has 2 aliphatic rings. The number of rotatable bonds is 9. The number of likely N-dealkylation sites (tertiary alicyclic amines) is 2. The molecule has 3 aromatic rings. The molecule has 4 nitrogen and oxygen atoms in total. The third-order valence-electron chi connectivity index (χ3n) is 8.39. The Kier molecular flexibility index (Phi) is 9.46. The van der Waals surface area contributed by atoms with Crippen LogP contribution in [0.2, 0.25) is 0 Å². The summed E-state index contributed by atoms with van der Waals surface area (Å²) in [5.74, 6) is 1.32. The van der Waals surface area contributed by atoms with Gasteiger partial charge in [-0.15, -0.1) is 0 Å². The molecule has 2 saturated heterocycles. The maximum atomic E-state index is 13.1. The summed E-state index contributed by atoms with van der Waals surface area (Å²) < 4.78 is 44.7. The van der Waals surface area contributed by atoms with Crippen LogP contribution in [0.1, 0.15) is 64.7 Å². The van der Waals surface area contributed by atoms with E-state index in [1.807, 2.05) is 24.3 Å². The predicted octanol–water partition coefficient (Wildman–Crippen LogP) is 7.54. The number of nitrogens with zero attached hydrogens (tertiary/aromatic N) is 2. The van der Waals surface area contributed by atoms with Crippen molar-refractivity contribution < 1.29 is 22.7 Å². The van der Waals surface area contributed by atoms with E-state index in [9.17, 15) is 18.0 Å². The number of ketones is 1. The standard InChI is InChI=1S/C34H39F3N2O2/c1-25-5-7-27(8-6-25)23-38-17-13-26(14-18-38)21-33(40)29-3-2-4-32(22-29)41-31-15-19-39(20-16-31)24-28-9-11-30(12-10-28)34(35,36)37/h2-12,22,26,31H,13-21,23-24H2,1H3. The highest BCUT2D eigenvalue weighted by atomic mass is 19.4. The normalized spacial score (nSPS) is 18.0. The molecule has 3 aromatic carbocycles. The zero-order valence-electron chi connectivity index (χ0n) is 23.7. The van der Waals surface area contributed by atoms with E-state index in [0.29, 0.717) is 24.4 Å². The Bertz CT molecular complexity index is 1270. The van der Waals surface area contributed by atoms with Crippen molar-refractivity contribution in [1.82, 2.24) is 9.80 Å². The highest BCUT2D eigenvalue weighted by molar-refractivity contribution is 5.96. The monoisotopic (exact) mass is 564 g/mol.